The number of carbonyl (C=O) groups excluding carboxylic acids is 1. The van der Waals surface area contributed by atoms with Crippen LogP contribution in [0.4, 0.5) is 9.52 Å². The largest absolute Gasteiger partial charge is 0.497 e. The van der Waals surface area contributed by atoms with Gasteiger partial charge in [0.15, 0.2) is 5.13 Å². The molecule has 1 heterocycles. The van der Waals surface area contributed by atoms with E-state index in [0.717, 1.165) is 21.9 Å². The maximum absolute atomic E-state index is 13.7. The van der Waals surface area contributed by atoms with Gasteiger partial charge in [-0.1, -0.05) is 12.1 Å². The van der Waals surface area contributed by atoms with Gasteiger partial charge in [0.25, 0.3) is 5.91 Å². The highest BCUT2D eigenvalue weighted by Crippen LogP contribution is 2.31. The molecule has 0 aliphatic heterocycles. The molecule has 0 bridgehead atoms. The summed E-state index contributed by atoms with van der Waals surface area (Å²) in [6, 6.07) is 13.4. The van der Waals surface area contributed by atoms with E-state index in [-0.39, 0.29) is 5.56 Å². The second-order valence-corrected chi connectivity index (χ2v) is 6.29. The number of carbonyl (C=O) groups is 1. The number of benzene rings is 2. The minimum atomic E-state index is -0.557. The summed E-state index contributed by atoms with van der Waals surface area (Å²) >= 11 is 1.35. The Hall–Kier alpha value is -2.73. The number of thiazole rings is 1. The Morgan fingerprint density at radius 2 is 1.88 bits per heavy atom. The van der Waals surface area contributed by atoms with Crippen LogP contribution >= 0.6 is 11.3 Å². The third-order valence-electron chi connectivity index (χ3n) is 3.50. The van der Waals surface area contributed by atoms with Crippen molar-refractivity contribution in [3.05, 3.63) is 64.8 Å². The Balaban J connectivity index is 1.83. The van der Waals surface area contributed by atoms with Gasteiger partial charge in [0.1, 0.15) is 11.6 Å². The van der Waals surface area contributed by atoms with Crippen molar-refractivity contribution in [1.29, 1.82) is 0 Å². The van der Waals surface area contributed by atoms with Gasteiger partial charge in [-0.2, -0.15) is 0 Å². The molecule has 0 aliphatic rings. The third-order valence-corrected chi connectivity index (χ3v) is 4.39. The summed E-state index contributed by atoms with van der Waals surface area (Å²) in [5.74, 6) is -0.304. The van der Waals surface area contributed by atoms with Crippen LogP contribution in [-0.2, 0) is 0 Å². The molecule has 4 nitrogen and oxygen atoms in total. The average molecular weight is 342 g/mol. The van der Waals surface area contributed by atoms with Crippen molar-refractivity contribution in [3.63, 3.8) is 0 Å². The van der Waals surface area contributed by atoms with Crippen molar-refractivity contribution in [3.8, 4) is 17.0 Å². The lowest BCUT2D eigenvalue weighted by Crippen LogP contribution is -2.13. The van der Waals surface area contributed by atoms with E-state index < -0.39 is 11.7 Å². The minimum Gasteiger partial charge on any atom is -0.497 e. The highest BCUT2D eigenvalue weighted by molar-refractivity contribution is 7.16. The van der Waals surface area contributed by atoms with E-state index in [4.69, 9.17) is 4.74 Å². The molecule has 0 saturated carbocycles. The lowest BCUT2D eigenvalue weighted by Gasteiger charge is -2.03. The molecule has 3 rings (SSSR count). The lowest BCUT2D eigenvalue weighted by molar-refractivity contribution is 0.102. The summed E-state index contributed by atoms with van der Waals surface area (Å²) in [5, 5.41) is 3.09. The number of aryl methyl sites for hydroxylation is 1. The van der Waals surface area contributed by atoms with Crippen molar-refractivity contribution in [2.75, 3.05) is 12.4 Å². The number of nitrogens with one attached hydrogen (secondary N) is 1. The van der Waals surface area contributed by atoms with Gasteiger partial charge in [0, 0.05) is 10.4 Å². The molecule has 1 aromatic heterocycles. The smallest absolute Gasteiger partial charge is 0.260 e. The third kappa shape index (κ3) is 3.28. The van der Waals surface area contributed by atoms with E-state index in [0.29, 0.717) is 5.13 Å². The first-order valence-electron chi connectivity index (χ1n) is 7.26. The highest BCUT2D eigenvalue weighted by Gasteiger charge is 2.15. The molecule has 122 valence electrons. The van der Waals surface area contributed by atoms with Crippen LogP contribution in [0.15, 0.2) is 48.5 Å². The second kappa shape index (κ2) is 6.80. The van der Waals surface area contributed by atoms with Crippen molar-refractivity contribution >= 4 is 22.4 Å². The zero-order chi connectivity index (χ0) is 17.1. The second-order valence-electron chi connectivity index (χ2n) is 5.09. The number of nitrogens with zero attached hydrogens (tertiary/aromatic N) is 1. The fourth-order valence-corrected chi connectivity index (χ4v) is 3.11. The number of methoxy groups -OCH3 is 1. The van der Waals surface area contributed by atoms with Gasteiger partial charge in [-0.25, -0.2) is 9.37 Å². The molecule has 0 atom stereocenters. The number of halogens is 1. The first-order valence-corrected chi connectivity index (χ1v) is 8.08. The number of aromatic nitrogens is 1. The lowest BCUT2D eigenvalue weighted by atomic mass is 10.1. The molecule has 24 heavy (non-hydrogen) atoms. The van der Waals surface area contributed by atoms with Crippen molar-refractivity contribution in [2.45, 2.75) is 6.92 Å². The van der Waals surface area contributed by atoms with Gasteiger partial charge in [-0.3, -0.25) is 10.1 Å². The van der Waals surface area contributed by atoms with Gasteiger partial charge in [0.2, 0.25) is 0 Å². The van der Waals surface area contributed by atoms with Gasteiger partial charge < -0.3 is 4.74 Å². The predicted molar refractivity (Wildman–Crippen MR) is 93.2 cm³/mol. The van der Waals surface area contributed by atoms with Crippen LogP contribution in [0, 0.1) is 12.7 Å². The number of amides is 1. The van der Waals surface area contributed by atoms with Crippen LogP contribution in [0.3, 0.4) is 0 Å². The number of ether oxygens (including phenoxy) is 1. The Labute approximate surface area is 142 Å². The normalized spacial score (nSPS) is 10.5. The monoisotopic (exact) mass is 342 g/mol. The molecular weight excluding hydrogens is 327 g/mol. The van der Waals surface area contributed by atoms with Crippen LogP contribution < -0.4 is 10.1 Å². The molecule has 3 aromatic rings. The number of hydrogen-bond donors (Lipinski definition) is 1. The maximum Gasteiger partial charge on any atom is 0.260 e. The number of anilines is 1. The number of hydrogen-bond acceptors (Lipinski definition) is 4. The summed E-state index contributed by atoms with van der Waals surface area (Å²) in [7, 11) is 1.61. The molecule has 0 spiro atoms. The molecule has 6 heteroatoms. The summed E-state index contributed by atoms with van der Waals surface area (Å²) in [6.07, 6.45) is 0. The zero-order valence-corrected chi connectivity index (χ0v) is 14.0. The quantitative estimate of drug-likeness (QED) is 0.758. The molecule has 1 N–H and O–H groups in total. The van der Waals surface area contributed by atoms with Crippen LogP contribution in [0.5, 0.6) is 5.75 Å². The summed E-state index contributed by atoms with van der Waals surface area (Å²) in [4.78, 5) is 17.6. The molecule has 0 radical (unpaired) electrons. The van der Waals surface area contributed by atoms with Crippen LogP contribution in [0.2, 0.25) is 0 Å². The van der Waals surface area contributed by atoms with E-state index in [1.165, 1.54) is 23.5 Å². The SMILES string of the molecule is COc1ccc(-c2nc(NC(=O)c3ccccc3F)sc2C)cc1. The Morgan fingerprint density at radius 1 is 1.17 bits per heavy atom. The van der Waals surface area contributed by atoms with E-state index in [2.05, 4.69) is 10.3 Å². The maximum atomic E-state index is 13.7. The van der Waals surface area contributed by atoms with Crippen molar-refractivity contribution < 1.29 is 13.9 Å². The minimum absolute atomic E-state index is 0.00338. The van der Waals surface area contributed by atoms with E-state index in [1.54, 1.807) is 19.2 Å². The average Bonchev–Trinajstić information content (AvgIpc) is 2.95. The Kier molecular flexibility index (Phi) is 4.57. The number of rotatable bonds is 4. The fourth-order valence-electron chi connectivity index (χ4n) is 2.28. The Bertz CT molecular complexity index is 875. The van der Waals surface area contributed by atoms with Gasteiger partial charge in [-0.05, 0) is 43.3 Å². The summed E-state index contributed by atoms with van der Waals surface area (Å²) in [5.41, 5.74) is 1.71. The predicted octanol–water partition coefficient (Wildman–Crippen LogP) is 4.52. The Morgan fingerprint density at radius 3 is 2.54 bits per heavy atom. The van der Waals surface area contributed by atoms with Gasteiger partial charge in [-0.15, -0.1) is 11.3 Å². The molecule has 0 fully saturated rings. The standard InChI is InChI=1S/C18H15FN2O2S/c1-11-16(12-7-9-13(23-2)10-8-12)20-18(24-11)21-17(22)14-5-3-4-6-15(14)19/h3-10H,1-2H3,(H,20,21,22). The highest BCUT2D eigenvalue weighted by atomic mass is 32.1. The molecule has 0 aliphatic carbocycles. The van der Waals surface area contributed by atoms with Crippen LogP contribution in [-0.4, -0.2) is 18.0 Å². The summed E-state index contributed by atoms with van der Waals surface area (Å²) in [6.45, 7) is 1.93. The van der Waals surface area contributed by atoms with Crippen LogP contribution in [0.1, 0.15) is 15.2 Å². The summed E-state index contributed by atoms with van der Waals surface area (Å²) < 4.78 is 18.8. The topological polar surface area (TPSA) is 51.2 Å². The zero-order valence-electron chi connectivity index (χ0n) is 13.2. The van der Waals surface area contributed by atoms with Gasteiger partial charge >= 0.3 is 0 Å². The fraction of sp³-hybridized carbons (Fsp3) is 0.111. The van der Waals surface area contributed by atoms with E-state index in [1.807, 2.05) is 31.2 Å². The molecule has 0 saturated heterocycles. The molecule has 2 aromatic carbocycles. The van der Waals surface area contributed by atoms with Crippen molar-refractivity contribution in [2.24, 2.45) is 0 Å². The van der Waals surface area contributed by atoms with Crippen molar-refractivity contribution in [1.82, 2.24) is 4.98 Å². The van der Waals surface area contributed by atoms with E-state index >= 15 is 0 Å². The molecule has 1 amide bonds. The molecular formula is C18H15FN2O2S. The van der Waals surface area contributed by atoms with Crippen LogP contribution in [0.25, 0.3) is 11.3 Å². The molecule has 0 unspecified atom stereocenters. The van der Waals surface area contributed by atoms with Gasteiger partial charge in [0.05, 0.1) is 18.4 Å². The van der Waals surface area contributed by atoms with E-state index in [9.17, 15) is 9.18 Å². The first kappa shape index (κ1) is 16.1. The first-order chi connectivity index (χ1) is 11.6.